The number of pyridine rings is 1. The van der Waals surface area contributed by atoms with Crippen LogP contribution in [0, 0.1) is 0 Å². The summed E-state index contributed by atoms with van der Waals surface area (Å²) >= 11 is 0. The van der Waals surface area contributed by atoms with Crippen molar-refractivity contribution < 1.29 is 9.05 Å². The Kier molecular flexibility index (Phi) is 6.61. The molecule has 0 saturated carbocycles. The van der Waals surface area contributed by atoms with E-state index in [2.05, 4.69) is 17.4 Å². The summed E-state index contributed by atoms with van der Waals surface area (Å²) in [4.78, 5) is 4.78. The molecule has 9 heteroatoms. The third kappa shape index (κ3) is 4.93. The Morgan fingerprint density at radius 3 is 1.12 bits per heavy atom. The van der Waals surface area contributed by atoms with Gasteiger partial charge in [0.25, 0.3) is 16.9 Å². The normalized spacial score (nSPS) is 11.6. The van der Waals surface area contributed by atoms with Gasteiger partial charge in [-0.15, -0.1) is 0 Å². The standard InChI is InChI=1S/C23H23N5O2P2/c1-2-13-25(12-1)31(26-14-3-4-15-26)29-20-22-10-9-11-23(24-22)21-30-32(27-16-5-6-17-27)28-18-7-8-19-28/h1-19H,20-21H2. The summed E-state index contributed by atoms with van der Waals surface area (Å²) in [5.74, 6) is 0. The van der Waals surface area contributed by atoms with Crippen molar-refractivity contribution in [3.8, 4) is 0 Å². The predicted octanol–water partition coefficient (Wildman–Crippen LogP) is 5.97. The zero-order valence-corrected chi connectivity index (χ0v) is 19.1. The minimum Gasteiger partial charge on any atom is -0.316 e. The Labute approximate surface area is 189 Å². The van der Waals surface area contributed by atoms with E-state index in [1.54, 1.807) is 0 Å². The van der Waals surface area contributed by atoms with Crippen LogP contribution >= 0.6 is 16.9 Å². The molecule has 0 bridgehead atoms. The van der Waals surface area contributed by atoms with E-state index in [1.165, 1.54) is 0 Å². The zero-order chi connectivity index (χ0) is 21.6. The molecule has 0 aromatic carbocycles. The molecular weight excluding hydrogens is 440 g/mol. The summed E-state index contributed by atoms with van der Waals surface area (Å²) in [6, 6.07) is 22.0. The van der Waals surface area contributed by atoms with Gasteiger partial charge in [-0.25, -0.2) is 0 Å². The maximum absolute atomic E-state index is 6.30. The van der Waals surface area contributed by atoms with Gasteiger partial charge in [0.15, 0.2) is 0 Å². The van der Waals surface area contributed by atoms with Crippen molar-refractivity contribution >= 4 is 16.9 Å². The second-order valence-electron chi connectivity index (χ2n) is 6.92. The molecule has 0 radical (unpaired) electrons. The first-order valence-electron chi connectivity index (χ1n) is 10.2. The summed E-state index contributed by atoms with van der Waals surface area (Å²) in [6.45, 7) is 0.833. The molecule has 5 aromatic rings. The zero-order valence-electron chi connectivity index (χ0n) is 17.3. The summed E-state index contributed by atoms with van der Waals surface area (Å²) in [7, 11) is -2.04. The van der Waals surface area contributed by atoms with E-state index in [0.29, 0.717) is 13.2 Å². The lowest BCUT2D eigenvalue weighted by atomic mass is 10.3. The van der Waals surface area contributed by atoms with E-state index in [0.717, 1.165) is 11.4 Å². The SMILES string of the molecule is c1cc(COP(n2cccc2)n2cccc2)nc(COP(n2cccc2)n2cccc2)c1. The van der Waals surface area contributed by atoms with Crippen molar-refractivity contribution in [3.05, 3.63) is 128 Å². The molecular formula is C23H23N5O2P2. The smallest absolute Gasteiger partial charge is 0.256 e. The van der Waals surface area contributed by atoms with E-state index >= 15 is 0 Å². The van der Waals surface area contributed by atoms with Gasteiger partial charge in [-0.3, -0.25) is 22.3 Å². The van der Waals surface area contributed by atoms with Gasteiger partial charge in [0.05, 0.1) is 24.6 Å². The Morgan fingerprint density at radius 1 is 0.500 bits per heavy atom. The Hall–Kier alpha value is -2.95. The van der Waals surface area contributed by atoms with Crippen molar-refractivity contribution in [2.45, 2.75) is 13.2 Å². The molecule has 0 aliphatic carbocycles. The molecule has 7 nitrogen and oxygen atoms in total. The lowest BCUT2D eigenvalue weighted by Gasteiger charge is -2.20. The van der Waals surface area contributed by atoms with Crippen molar-refractivity contribution in [3.63, 3.8) is 0 Å². The largest absolute Gasteiger partial charge is 0.316 e. The fourth-order valence-electron chi connectivity index (χ4n) is 3.20. The third-order valence-electron chi connectivity index (χ3n) is 4.67. The Bertz CT molecular complexity index is 1030. The van der Waals surface area contributed by atoms with Gasteiger partial charge in [-0.2, -0.15) is 0 Å². The molecule has 0 unspecified atom stereocenters. The molecule has 5 heterocycles. The van der Waals surface area contributed by atoms with E-state index in [9.17, 15) is 0 Å². The molecule has 162 valence electrons. The highest BCUT2D eigenvalue weighted by atomic mass is 31.2. The van der Waals surface area contributed by atoms with Crippen LogP contribution in [0.25, 0.3) is 0 Å². The van der Waals surface area contributed by atoms with Gasteiger partial charge in [-0.1, -0.05) is 6.07 Å². The molecule has 0 aliphatic heterocycles. The van der Waals surface area contributed by atoms with Crippen LogP contribution in [0.2, 0.25) is 0 Å². The minimum absolute atomic E-state index is 0.417. The number of hydrogen-bond acceptors (Lipinski definition) is 3. The molecule has 0 fully saturated rings. The van der Waals surface area contributed by atoms with E-state index < -0.39 is 16.9 Å². The van der Waals surface area contributed by atoms with Gasteiger partial charge in [0.2, 0.25) is 0 Å². The molecule has 0 spiro atoms. The lowest BCUT2D eigenvalue weighted by Crippen LogP contribution is -2.05. The average Bonchev–Trinajstić information content (AvgIpc) is 3.64. The molecule has 0 saturated heterocycles. The van der Waals surface area contributed by atoms with Crippen LogP contribution in [0.15, 0.2) is 116 Å². The van der Waals surface area contributed by atoms with Crippen LogP contribution in [-0.2, 0) is 22.3 Å². The Morgan fingerprint density at radius 2 is 0.812 bits per heavy atom. The van der Waals surface area contributed by atoms with Crippen LogP contribution in [0.1, 0.15) is 11.4 Å². The minimum atomic E-state index is -1.02. The Balaban J connectivity index is 1.26. The van der Waals surface area contributed by atoms with Crippen molar-refractivity contribution in [1.82, 2.24) is 22.3 Å². The van der Waals surface area contributed by atoms with Crippen molar-refractivity contribution in [2.24, 2.45) is 0 Å². The summed E-state index contributed by atoms with van der Waals surface area (Å²) in [6.07, 6.45) is 16.2. The predicted molar refractivity (Wildman–Crippen MR) is 127 cm³/mol. The number of hydrogen-bond donors (Lipinski definition) is 0. The first-order chi connectivity index (χ1) is 15.9. The monoisotopic (exact) mass is 463 g/mol. The highest BCUT2D eigenvalue weighted by Gasteiger charge is 2.16. The highest BCUT2D eigenvalue weighted by Crippen LogP contribution is 2.42. The summed E-state index contributed by atoms with van der Waals surface area (Å²) in [5, 5.41) is 0. The van der Waals surface area contributed by atoms with Crippen molar-refractivity contribution in [1.29, 1.82) is 0 Å². The van der Waals surface area contributed by atoms with E-state index in [4.69, 9.17) is 14.0 Å². The third-order valence-corrected chi connectivity index (χ3v) is 8.03. The van der Waals surface area contributed by atoms with Crippen LogP contribution in [0.5, 0.6) is 0 Å². The van der Waals surface area contributed by atoms with Crippen LogP contribution < -0.4 is 0 Å². The molecule has 0 atom stereocenters. The van der Waals surface area contributed by atoms with Crippen LogP contribution in [0.3, 0.4) is 0 Å². The lowest BCUT2D eigenvalue weighted by molar-refractivity contribution is 0.314. The first kappa shape index (κ1) is 20.9. The second kappa shape index (κ2) is 10.1. The second-order valence-corrected chi connectivity index (χ2v) is 10.3. The molecule has 5 rings (SSSR count). The van der Waals surface area contributed by atoms with Gasteiger partial charge in [0, 0.05) is 49.6 Å². The van der Waals surface area contributed by atoms with Gasteiger partial charge >= 0.3 is 0 Å². The first-order valence-corrected chi connectivity index (χ1v) is 12.5. The van der Waals surface area contributed by atoms with Gasteiger partial charge in [0.1, 0.15) is 0 Å². The van der Waals surface area contributed by atoms with E-state index in [1.807, 2.05) is 116 Å². The van der Waals surface area contributed by atoms with Crippen LogP contribution in [0.4, 0.5) is 0 Å². The molecule has 5 aromatic heterocycles. The number of aromatic nitrogens is 5. The topological polar surface area (TPSA) is 51.1 Å². The maximum atomic E-state index is 6.30. The highest BCUT2D eigenvalue weighted by molar-refractivity contribution is 7.49. The quantitative estimate of drug-likeness (QED) is 0.240. The molecule has 0 amide bonds. The fourth-order valence-corrected chi connectivity index (χ4v) is 6.24. The number of nitrogens with zero attached hydrogens (tertiary/aromatic N) is 5. The maximum Gasteiger partial charge on any atom is 0.256 e. The molecule has 32 heavy (non-hydrogen) atoms. The molecule has 0 aliphatic rings. The van der Waals surface area contributed by atoms with Gasteiger partial charge in [-0.05, 0) is 60.7 Å². The summed E-state index contributed by atoms with van der Waals surface area (Å²) < 4.78 is 20.9. The fraction of sp³-hybridized carbons (Fsp3) is 0.0870. The van der Waals surface area contributed by atoms with E-state index in [-0.39, 0.29) is 0 Å². The van der Waals surface area contributed by atoms with Crippen LogP contribution in [-0.4, -0.2) is 22.3 Å². The average molecular weight is 463 g/mol. The number of rotatable bonds is 10. The summed E-state index contributed by atoms with van der Waals surface area (Å²) in [5.41, 5.74) is 1.76. The van der Waals surface area contributed by atoms with Crippen molar-refractivity contribution in [2.75, 3.05) is 0 Å². The van der Waals surface area contributed by atoms with Gasteiger partial charge < -0.3 is 9.05 Å². The molecule has 0 N–H and O–H groups in total.